The van der Waals surface area contributed by atoms with Crippen molar-refractivity contribution in [3.63, 3.8) is 0 Å². The second-order valence-electron chi connectivity index (χ2n) is 9.68. The van der Waals surface area contributed by atoms with Gasteiger partial charge in [0.05, 0.1) is 11.9 Å². The van der Waals surface area contributed by atoms with Crippen molar-refractivity contribution in [2.24, 2.45) is 10.4 Å². The highest BCUT2D eigenvalue weighted by Gasteiger charge is 2.41. The van der Waals surface area contributed by atoms with E-state index in [4.69, 9.17) is 14.1 Å². The Bertz CT molecular complexity index is 794. The zero-order valence-electron chi connectivity index (χ0n) is 18.6. The molecule has 2 aromatic rings. The molecule has 0 bridgehead atoms. The first kappa shape index (κ1) is 21.3. The summed E-state index contributed by atoms with van der Waals surface area (Å²) in [6.45, 7) is 9.65. The van der Waals surface area contributed by atoms with E-state index in [1.54, 1.807) is 6.26 Å². The first-order valence-corrected chi connectivity index (χ1v) is 11.5. The fourth-order valence-corrected chi connectivity index (χ4v) is 5.30. The molecule has 2 aliphatic heterocycles. The molecule has 4 rings (SSSR count). The average Bonchev–Trinajstić information content (AvgIpc) is 3.42. The summed E-state index contributed by atoms with van der Waals surface area (Å²) in [6.07, 6.45) is 9.78. The smallest absolute Gasteiger partial charge is 0.111 e. The molecule has 30 heavy (non-hydrogen) atoms. The molecule has 1 aromatic heterocycles. The van der Waals surface area contributed by atoms with Crippen LogP contribution < -0.4 is 0 Å². The van der Waals surface area contributed by atoms with E-state index in [2.05, 4.69) is 61.4 Å². The van der Waals surface area contributed by atoms with Crippen molar-refractivity contribution in [1.82, 2.24) is 4.90 Å². The molecular weight excluding hydrogens is 372 g/mol. The van der Waals surface area contributed by atoms with Crippen molar-refractivity contribution >= 4 is 6.21 Å². The molecule has 0 radical (unpaired) electrons. The molecule has 4 heteroatoms. The highest BCUT2D eigenvalue weighted by atomic mass is 16.5. The topological polar surface area (TPSA) is 38.0 Å². The molecule has 0 spiro atoms. The molecule has 2 saturated heterocycles. The van der Waals surface area contributed by atoms with Crippen molar-refractivity contribution in [2.75, 3.05) is 32.8 Å². The summed E-state index contributed by atoms with van der Waals surface area (Å²) in [5.41, 5.74) is 1.34. The van der Waals surface area contributed by atoms with Crippen molar-refractivity contribution < 1.29 is 9.15 Å². The van der Waals surface area contributed by atoms with Gasteiger partial charge in [-0.25, -0.2) is 0 Å². The molecule has 2 atom stereocenters. The van der Waals surface area contributed by atoms with Gasteiger partial charge in [-0.05, 0) is 76.7 Å². The molecule has 162 valence electrons. The molecule has 4 nitrogen and oxygen atoms in total. The minimum atomic E-state index is -0.0786. The van der Waals surface area contributed by atoms with Crippen LogP contribution in [0, 0.1) is 5.41 Å². The lowest BCUT2D eigenvalue weighted by molar-refractivity contribution is -0.0897. The average molecular weight is 409 g/mol. The van der Waals surface area contributed by atoms with Crippen LogP contribution in [0.2, 0.25) is 0 Å². The van der Waals surface area contributed by atoms with Crippen molar-refractivity contribution in [1.29, 1.82) is 0 Å². The largest absolute Gasteiger partial charge is 0.469 e. The van der Waals surface area contributed by atoms with Crippen LogP contribution in [-0.2, 0) is 4.74 Å². The Labute approximate surface area is 181 Å². The van der Waals surface area contributed by atoms with Gasteiger partial charge in [0, 0.05) is 37.2 Å². The van der Waals surface area contributed by atoms with Crippen LogP contribution in [0.5, 0.6) is 0 Å². The highest BCUT2D eigenvalue weighted by Crippen LogP contribution is 2.39. The third-order valence-corrected chi connectivity index (χ3v) is 6.61. The van der Waals surface area contributed by atoms with Gasteiger partial charge in [-0.3, -0.25) is 4.99 Å². The van der Waals surface area contributed by atoms with Gasteiger partial charge in [0.2, 0.25) is 0 Å². The van der Waals surface area contributed by atoms with E-state index in [9.17, 15) is 0 Å². The van der Waals surface area contributed by atoms with Crippen molar-refractivity contribution in [3.8, 4) is 0 Å². The third kappa shape index (κ3) is 5.41. The molecule has 3 heterocycles. The summed E-state index contributed by atoms with van der Waals surface area (Å²) in [4.78, 5) is 7.63. The van der Waals surface area contributed by atoms with Gasteiger partial charge in [-0.1, -0.05) is 30.3 Å². The summed E-state index contributed by atoms with van der Waals surface area (Å²) in [5, 5.41) is 0. The number of ether oxygens (including phenoxy) is 1. The van der Waals surface area contributed by atoms with E-state index in [0.29, 0.717) is 0 Å². The maximum Gasteiger partial charge on any atom is 0.111 e. The number of likely N-dealkylation sites (tertiary alicyclic amines) is 1. The number of aliphatic imine (C=N–C) groups is 1. The number of hydrogen-bond acceptors (Lipinski definition) is 4. The molecule has 2 fully saturated rings. The molecule has 0 amide bonds. The van der Waals surface area contributed by atoms with Crippen molar-refractivity contribution in [2.45, 2.75) is 57.5 Å². The van der Waals surface area contributed by atoms with Crippen LogP contribution in [0.4, 0.5) is 0 Å². The SMILES string of the molecule is CC1(C)CC(C=NCCC(c2ccccc2)c2ccco2)(CN2CCCC2)CCO1. The van der Waals surface area contributed by atoms with E-state index in [-0.39, 0.29) is 16.9 Å². The monoisotopic (exact) mass is 408 g/mol. The Hall–Kier alpha value is -1.91. The van der Waals surface area contributed by atoms with Gasteiger partial charge in [-0.2, -0.15) is 0 Å². The number of furan rings is 1. The molecule has 2 unspecified atom stereocenters. The predicted molar refractivity (Wildman–Crippen MR) is 122 cm³/mol. The normalized spacial score (nSPS) is 25.7. The zero-order valence-corrected chi connectivity index (χ0v) is 18.6. The minimum absolute atomic E-state index is 0.0786. The maximum absolute atomic E-state index is 6.04. The van der Waals surface area contributed by atoms with Crippen LogP contribution in [0.25, 0.3) is 0 Å². The number of benzene rings is 1. The van der Waals surface area contributed by atoms with E-state index < -0.39 is 0 Å². The van der Waals surface area contributed by atoms with Gasteiger partial charge in [0.1, 0.15) is 5.76 Å². The lowest BCUT2D eigenvalue weighted by atomic mass is 9.74. The number of hydrogen-bond donors (Lipinski definition) is 0. The van der Waals surface area contributed by atoms with Crippen LogP contribution >= 0.6 is 0 Å². The van der Waals surface area contributed by atoms with Crippen LogP contribution in [0.15, 0.2) is 58.1 Å². The van der Waals surface area contributed by atoms with Gasteiger partial charge in [0.15, 0.2) is 0 Å². The van der Waals surface area contributed by atoms with E-state index in [1.165, 1.54) is 31.5 Å². The standard InChI is InChI=1S/C26H36N2O2/c1-25(2)19-26(13-18-30-25,21-28-15-6-7-16-28)20-27-14-12-23(24-11-8-17-29-24)22-9-4-3-5-10-22/h3-5,8-11,17,20,23H,6-7,12-16,18-19,21H2,1-2H3. The summed E-state index contributed by atoms with van der Waals surface area (Å²) in [5.74, 6) is 1.27. The minimum Gasteiger partial charge on any atom is -0.469 e. The van der Waals surface area contributed by atoms with Gasteiger partial charge >= 0.3 is 0 Å². The quantitative estimate of drug-likeness (QED) is 0.538. The third-order valence-electron chi connectivity index (χ3n) is 6.61. The molecule has 2 aliphatic rings. The van der Waals surface area contributed by atoms with E-state index in [1.807, 2.05) is 6.07 Å². The summed E-state index contributed by atoms with van der Waals surface area (Å²) in [6, 6.07) is 14.7. The molecule has 0 saturated carbocycles. The fraction of sp³-hybridized carbons (Fsp3) is 0.577. The Morgan fingerprint density at radius 2 is 1.90 bits per heavy atom. The zero-order chi connectivity index (χ0) is 20.9. The Kier molecular flexibility index (Phi) is 6.74. The molecule has 1 aromatic carbocycles. The number of rotatable bonds is 8. The summed E-state index contributed by atoms with van der Waals surface area (Å²) in [7, 11) is 0. The second-order valence-corrected chi connectivity index (χ2v) is 9.68. The summed E-state index contributed by atoms with van der Waals surface area (Å²) >= 11 is 0. The Morgan fingerprint density at radius 1 is 1.10 bits per heavy atom. The lowest BCUT2D eigenvalue weighted by Gasteiger charge is -2.44. The van der Waals surface area contributed by atoms with Crippen LogP contribution in [0.3, 0.4) is 0 Å². The maximum atomic E-state index is 6.04. The van der Waals surface area contributed by atoms with Crippen LogP contribution in [0.1, 0.15) is 63.2 Å². The Morgan fingerprint density at radius 3 is 2.60 bits per heavy atom. The number of nitrogens with zero attached hydrogens (tertiary/aromatic N) is 2. The molecular formula is C26H36N2O2. The van der Waals surface area contributed by atoms with Gasteiger partial charge < -0.3 is 14.1 Å². The predicted octanol–water partition coefficient (Wildman–Crippen LogP) is 5.54. The second kappa shape index (κ2) is 9.49. The summed E-state index contributed by atoms with van der Waals surface area (Å²) < 4.78 is 11.8. The highest BCUT2D eigenvalue weighted by molar-refractivity contribution is 5.66. The van der Waals surface area contributed by atoms with Gasteiger partial charge in [0.25, 0.3) is 0 Å². The molecule has 0 aliphatic carbocycles. The van der Waals surface area contributed by atoms with Crippen molar-refractivity contribution in [3.05, 3.63) is 60.1 Å². The first-order valence-electron chi connectivity index (χ1n) is 11.5. The van der Waals surface area contributed by atoms with Crippen LogP contribution in [-0.4, -0.2) is 49.5 Å². The lowest BCUT2D eigenvalue weighted by Crippen LogP contribution is -2.48. The fourth-order valence-electron chi connectivity index (χ4n) is 5.30. The first-order chi connectivity index (χ1) is 14.6. The van der Waals surface area contributed by atoms with E-state index in [0.717, 1.165) is 44.7 Å². The molecule has 0 N–H and O–H groups in total. The Balaban J connectivity index is 1.45. The van der Waals surface area contributed by atoms with Gasteiger partial charge in [-0.15, -0.1) is 0 Å². The van der Waals surface area contributed by atoms with E-state index >= 15 is 0 Å².